The summed E-state index contributed by atoms with van der Waals surface area (Å²) in [5.41, 5.74) is 2.21. The summed E-state index contributed by atoms with van der Waals surface area (Å²) in [5, 5.41) is 9.60. The second kappa shape index (κ2) is 9.43. The van der Waals surface area contributed by atoms with Gasteiger partial charge in [0.05, 0.1) is 19.3 Å². The molecule has 154 valence electrons. The molecule has 3 rings (SSSR count). The van der Waals surface area contributed by atoms with Gasteiger partial charge < -0.3 is 24.4 Å². The fourth-order valence-corrected chi connectivity index (χ4v) is 3.75. The maximum atomic E-state index is 12.9. The molecule has 0 spiro atoms. The SMILES string of the molecule is COCc1ccccc1N(C=O)C1CCN(C(=O)c2ccc(O)cc2OC)CC1. The Balaban J connectivity index is 1.71. The highest BCUT2D eigenvalue weighted by Gasteiger charge is 2.29. The van der Waals surface area contributed by atoms with E-state index >= 15 is 0 Å². The average molecular weight is 398 g/mol. The largest absolute Gasteiger partial charge is 0.508 e. The van der Waals surface area contributed by atoms with Crippen LogP contribution in [0.1, 0.15) is 28.8 Å². The van der Waals surface area contributed by atoms with Gasteiger partial charge in [-0.05, 0) is 31.0 Å². The number of nitrogens with zero attached hydrogens (tertiary/aromatic N) is 2. The number of hydrogen-bond acceptors (Lipinski definition) is 5. The van der Waals surface area contributed by atoms with Crippen LogP contribution < -0.4 is 9.64 Å². The van der Waals surface area contributed by atoms with Crippen molar-refractivity contribution in [3.63, 3.8) is 0 Å². The van der Waals surface area contributed by atoms with Gasteiger partial charge in [0.25, 0.3) is 5.91 Å². The first-order valence-electron chi connectivity index (χ1n) is 9.55. The van der Waals surface area contributed by atoms with Crippen molar-refractivity contribution in [3.05, 3.63) is 53.6 Å². The van der Waals surface area contributed by atoms with E-state index in [0.29, 0.717) is 43.9 Å². The summed E-state index contributed by atoms with van der Waals surface area (Å²) in [4.78, 5) is 28.3. The minimum Gasteiger partial charge on any atom is -0.508 e. The Bertz CT molecular complexity index is 862. The molecule has 0 radical (unpaired) electrons. The van der Waals surface area contributed by atoms with Crippen molar-refractivity contribution in [3.8, 4) is 11.5 Å². The van der Waals surface area contributed by atoms with E-state index in [1.807, 2.05) is 24.3 Å². The van der Waals surface area contributed by atoms with Gasteiger partial charge >= 0.3 is 0 Å². The molecule has 1 N–H and O–H groups in total. The molecular formula is C22H26N2O5. The van der Waals surface area contributed by atoms with Crippen molar-refractivity contribution >= 4 is 18.0 Å². The smallest absolute Gasteiger partial charge is 0.257 e. The first-order chi connectivity index (χ1) is 14.1. The number of benzene rings is 2. The first-order valence-corrected chi connectivity index (χ1v) is 9.55. The first kappa shape index (κ1) is 20.7. The van der Waals surface area contributed by atoms with Crippen molar-refractivity contribution in [1.29, 1.82) is 0 Å². The standard InChI is InChI=1S/C22H26N2O5/c1-28-14-16-5-3-4-6-20(16)24(15-25)17-9-11-23(12-10-17)22(27)19-8-7-18(26)13-21(19)29-2/h3-8,13,15,17,26H,9-12,14H2,1-2H3. The maximum absolute atomic E-state index is 12.9. The molecule has 2 aromatic carbocycles. The predicted molar refractivity (Wildman–Crippen MR) is 109 cm³/mol. The molecule has 2 aromatic rings. The summed E-state index contributed by atoms with van der Waals surface area (Å²) in [6.07, 6.45) is 2.21. The molecule has 1 saturated heterocycles. The van der Waals surface area contributed by atoms with Crippen LogP contribution in [0.2, 0.25) is 0 Å². The Kier molecular flexibility index (Phi) is 6.72. The van der Waals surface area contributed by atoms with E-state index in [4.69, 9.17) is 9.47 Å². The molecule has 0 saturated carbocycles. The fraction of sp³-hybridized carbons (Fsp3) is 0.364. The Morgan fingerprint density at radius 2 is 1.93 bits per heavy atom. The van der Waals surface area contributed by atoms with Crippen LogP contribution in [-0.4, -0.2) is 55.7 Å². The summed E-state index contributed by atoms with van der Waals surface area (Å²) in [7, 11) is 3.10. The molecule has 0 bridgehead atoms. The van der Waals surface area contributed by atoms with Gasteiger partial charge in [-0.1, -0.05) is 18.2 Å². The highest BCUT2D eigenvalue weighted by atomic mass is 16.5. The van der Waals surface area contributed by atoms with Gasteiger partial charge in [-0.15, -0.1) is 0 Å². The summed E-state index contributed by atoms with van der Waals surface area (Å²) in [6.45, 7) is 1.49. The Hall–Kier alpha value is -3.06. The Labute approximate surface area is 170 Å². The van der Waals surface area contributed by atoms with Crippen molar-refractivity contribution < 1.29 is 24.2 Å². The number of methoxy groups -OCH3 is 2. The molecule has 7 nitrogen and oxygen atoms in total. The van der Waals surface area contributed by atoms with E-state index in [1.54, 1.807) is 23.0 Å². The highest BCUT2D eigenvalue weighted by molar-refractivity contribution is 5.97. The lowest BCUT2D eigenvalue weighted by Crippen LogP contribution is -2.46. The maximum Gasteiger partial charge on any atom is 0.257 e. The fourth-order valence-electron chi connectivity index (χ4n) is 3.75. The Morgan fingerprint density at radius 1 is 1.21 bits per heavy atom. The van der Waals surface area contributed by atoms with Crippen LogP contribution >= 0.6 is 0 Å². The second-order valence-electron chi connectivity index (χ2n) is 6.98. The van der Waals surface area contributed by atoms with E-state index in [0.717, 1.165) is 17.7 Å². The molecule has 1 aliphatic heterocycles. The number of phenolic OH excluding ortho intramolecular Hbond substituents is 1. The quantitative estimate of drug-likeness (QED) is 0.726. The second-order valence-corrected chi connectivity index (χ2v) is 6.98. The number of rotatable bonds is 7. The van der Waals surface area contributed by atoms with Crippen LogP contribution in [-0.2, 0) is 16.1 Å². The van der Waals surface area contributed by atoms with Crippen LogP contribution in [0, 0.1) is 0 Å². The molecule has 2 amide bonds. The lowest BCUT2D eigenvalue weighted by atomic mass is 10.0. The van der Waals surface area contributed by atoms with E-state index in [9.17, 15) is 14.7 Å². The molecule has 0 atom stereocenters. The molecule has 0 unspecified atom stereocenters. The molecule has 0 aromatic heterocycles. The normalized spacial score (nSPS) is 14.5. The number of carbonyl (C=O) groups is 2. The number of phenols is 1. The number of piperidine rings is 1. The third-order valence-corrected chi connectivity index (χ3v) is 5.24. The highest BCUT2D eigenvalue weighted by Crippen LogP contribution is 2.29. The lowest BCUT2D eigenvalue weighted by Gasteiger charge is -2.37. The van der Waals surface area contributed by atoms with Gasteiger partial charge in [-0.3, -0.25) is 9.59 Å². The summed E-state index contributed by atoms with van der Waals surface area (Å²) in [5.74, 6) is 0.256. The van der Waals surface area contributed by atoms with Crippen LogP contribution in [0.15, 0.2) is 42.5 Å². The van der Waals surface area contributed by atoms with Crippen molar-refractivity contribution in [2.24, 2.45) is 0 Å². The summed E-state index contributed by atoms with van der Waals surface area (Å²) < 4.78 is 10.5. The van der Waals surface area contributed by atoms with Crippen molar-refractivity contribution in [2.45, 2.75) is 25.5 Å². The third-order valence-electron chi connectivity index (χ3n) is 5.24. The molecule has 1 aliphatic rings. The lowest BCUT2D eigenvalue weighted by molar-refractivity contribution is -0.108. The number of amides is 2. The topological polar surface area (TPSA) is 79.3 Å². The van der Waals surface area contributed by atoms with Gasteiger partial charge in [-0.25, -0.2) is 0 Å². The number of carbonyl (C=O) groups excluding carboxylic acids is 2. The van der Waals surface area contributed by atoms with Crippen LogP contribution in [0.3, 0.4) is 0 Å². The van der Waals surface area contributed by atoms with Gasteiger partial charge in [0, 0.05) is 43.6 Å². The minimum absolute atomic E-state index is 0.0104. The van der Waals surface area contributed by atoms with Crippen LogP contribution in [0.5, 0.6) is 11.5 Å². The number of para-hydroxylation sites is 1. The summed E-state index contributed by atoms with van der Waals surface area (Å²) >= 11 is 0. The number of anilines is 1. The van der Waals surface area contributed by atoms with Gasteiger partial charge in [0.1, 0.15) is 11.5 Å². The van der Waals surface area contributed by atoms with Gasteiger partial charge in [0.2, 0.25) is 6.41 Å². The molecule has 0 aliphatic carbocycles. The van der Waals surface area contributed by atoms with E-state index in [2.05, 4.69) is 0 Å². The zero-order chi connectivity index (χ0) is 20.8. The zero-order valence-electron chi connectivity index (χ0n) is 16.7. The van der Waals surface area contributed by atoms with Crippen LogP contribution in [0.25, 0.3) is 0 Å². The number of ether oxygens (including phenoxy) is 2. The van der Waals surface area contributed by atoms with Crippen molar-refractivity contribution in [1.82, 2.24) is 4.90 Å². The zero-order valence-corrected chi connectivity index (χ0v) is 16.7. The molecule has 1 heterocycles. The summed E-state index contributed by atoms with van der Waals surface area (Å²) in [6, 6.07) is 12.2. The third kappa shape index (κ3) is 4.51. The minimum atomic E-state index is -0.141. The van der Waals surface area contributed by atoms with Crippen molar-refractivity contribution in [2.75, 3.05) is 32.2 Å². The number of hydrogen-bond donors (Lipinski definition) is 1. The molecule has 29 heavy (non-hydrogen) atoms. The van der Waals surface area contributed by atoms with E-state index in [1.165, 1.54) is 19.2 Å². The Morgan fingerprint density at radius 3 is 2.59 bits per heavy atom. The van der Waals surface area contributed by atoms with Crippen LogP contribution in [0.4, 0.5) is 5.69 Å². The number of likely N-dealkylation sites (tertiary alicyclic amines) is 1. The van der Waals surface area contributed by atoms with Gasteiger partial charge in [0.15, 0.2) is 0 Å². The molecule has 7 heteroatoms. The van der Waals surface area contributed by atoms with Gasteiger partial charge in [-0.2, -0.15) is 0 Å². The predicted octanol–water partition coefficient (Wildman–Crippen LogP) is 2.81. The van der Waals surface area contributed by atoms with E-state index in [-0.39, 0.29) is 17.7 Å². The average Bonchev–Trinajstić information content (AvgIpc) is 2.75. The number of aromatic hydroxyl groups is 1. The molecular weight excluding hydrogens is 372 g/mol. The van der Waals surface area contributed by atoms with E-state index < -0.39 is 0 Å². The molecule has 1 fully saturated rings. The monoisotopic (exact) mass is 398 g/mol.